The molecule has 0 N–H and O–H groups in total. The van der Waals surface area contributed by atoms with Gasteiger partial charge < -0.3 is 9.15 Å². The SMILES string of the molecule is CCCCCC1CCC(c2ccc(-c3cc4oc5cc(CCCC)c(F)c(F)c5c4c(F)c3F)cc2)OC1. The van der Waals surface area contributed by atoms with Crippen LogP contribution in [-0.2, 0) is 11.2 Å². The summed E-state index contributed by atoms with van der Waals surface area (Å²) in [5.74, 6) is -4.00. The quantitative estimate of drug-likeness (QED) is 0.160. The zero-order chi connectivity index (χ0) is 26.8. The molecule has 1 aliphatic heterocycles. The van der Waals surface area contributed by atoms with Crippen molar-refractivity contribution in [2.75, 3.05) is 6.61 Å². The molecular formula is C32H34F4O2. The first-order valence-corrected chi connectivity index (χ1v) is 13.9. The minimum Gasteiger partial charge on any atom is -0.456 e. The fraction of sp³-hybridized carbons (Fsp3) is 0.438. The lowest BCUT2D eigenvalue weighted by Crippen LogP contribution is -2.20. The lowest BCUT2D eigenvalue weighted by atomic mass is 9.90. The van der Waals surface area contributed by atoms with Crippen LogP contribution in [0, 0.1) is 29.2 Å². The highest BCUT2D eigenvalue weighted by molar-refractivity contribution is 6.07. The van der Waals surface area contributed by atoms with Gasteiger partial charge in [-0.3, -0.25) is 0 Å². The molecule has 0 bridgehead atoms. The van der Waals surface area contributed by atoms with Gasteiger partial charge in [-0.15, -0.1) is 0 Å². The number of rotatable bonds is 9. The van der Waals surface area contributed by atoms with E-state index in [-0.39, 0.29) is 39.2 Å². The molecule has 0 spiro atoms. The number of ether oxygens (including phenoxy) is 1. The van der Waals surface area contributed by atoms with Crippen molar-refractivity contribution in [3.05, 3.63) is 70.8 Å². The van der Waals surface area contributed by atoms with Gasteiger partial charge in [-0.25, -0.2) is 17.6 Å². The van der Waals surface area contributed by atoms with E-state index in [0.717, 1.165) is 31.4 Å². The van der Waals surface area contributed by atoms with Crippen LogP contribution >= 0.6 is 0 Å². The zero-order valence-corrected chi connectivity index (χ0v) is 22.0. The molecule has 4 aromatic rings. The van der Waals surface area contributed by atoms with Crippen molar-refractivity contribution in [1.29, 1.82) is 0 Å². The number of fused-ring (bicyclic) bond motifs is 3. The van der Waals surface area contributed by atoms with E-state index < -0.39 is 23.3 Å². The Morgan fingerprint density at radius 1 is 0.763 bits per heavy atom. The maximum absolute atomic E-state index is 15.3. The van der Waals surface area contributed by atoms with Crippen molar-refractivity contribution in [3.8, 4) is 11.1 Å². The Morgan fingerprint density at radius 3 is 2.11 bits per heavy atom. The standard InChI is InChI=1S/C32H34F4O2/c1-3-5-7-8-19-10-15-24(37-18-19)21-13-11-20(12-14-21)23-17-26-28(32(36)30(23)34)27-25(38-26)16-22(9-6-4-2)29(33)31(27)35/h11-14,16-17,19,24H,3-10,15,18H2,1-2H3. The highest BCUT2D eigenvalue weighted by atomic mass is 19.2. The van der Waals surface area contributed by atoms with Crippen molar-refractivity contribution >= 4 is 21.9 Å². The number of aryl methyl sites for hydroxylation is 1. The van der Waals surface area contributed by atoms with Gasteiger partial charge in [0.25, 0.3) is 0 Å². The Labute approximate surface area is 221 Å². The number of unbranched alkanes of at least 4 members (excludes halogenated alkanes) is 3. The molecule has 2 unspecified atom stereocenters. The predicted molar refractivity (Wildman–Crippen MR) is 143 cm³/mol. The molecule has 1 saturated heterocycles. The van der Waals surface area contributed by atoms with Crippen molar-refractivity contribution < 1.29 is 26.7 Å². The molecule has 1 aliphatic rings. The van der Waals surface area contributed by atoms with Gasteiger partial charge in [-0.2, -0.15) is 0 Å². The molecule has 38 heavy (non-hydrogen) atoms. The van der Waals surface area contributed by atoms with Gasteiger partial charge in [0.15, 0.2) is 23.3 Å². The second-order valence-electron chi connectivity index (χ2n) is 10.6. The topological polar surface area (TPSA) is 22.4 Å². The van der Waals surface area contributed by atoms with Crippen LogP contribution in [0.3, 0.4) is 0 Å². The maximum Gasteiger partial charge on any atom is 0.171 e. The van der Waals surface area contributed by atoms with Gasteiger partial charge in [0.05, 0.1) is 23.5 Å². The summed E-state index contributed by atoms with van der Waals surface area (Å²) < 4.78 is 72.1. The minimum atomic E-state index is -1.25. The molecule has 5 rings (SSSR count). The van der Waals surface area contributed by atoms with E-state index in [2.05, 4.69) is 6.92 Å². The van der Waals surface area contributed by atoms with E-state index in [1.807, 2.05) is 19.1 Å². The molecule has 2 atom stereocenters. The Morgan fingerprint density at radius 2 is 1.45 bits per heavy atom. The van der Waals surface area contributed by atoms with Gasteiger partial charge >= 0.3 is 0 Å². The summed E-state index contributed by atoms with van der Waals surface area (Å²) in [7, 11) is 0. The number of benzene rings is 3. The number of hydrogen-bond donors (Lipinski definition) is 0. The molecule has 2 nitrogen and oxygen atoms in total. The summed E-state index contributed by atoms with van der Waals surface area (Å²) in [4.78, 5) is 0. The van der Waals surface area contributed by atoms with Gasteiger partial charge in [0.2, 0.25) is 0 Å². The van der Waals surface area contributed by atoms with E-state index >= 15 is 8.78 Å². The van der Waals surface area contributed by atoms with Crippen molar-refractivity contribution in [2.45, 2.75) is 77.7 Å². The summed E-state index contributed by atoms with van der Waals surface area (Å²) in [6, 6.07) is 10.00. The highest BCUT2D eigenvalue weighted by Crippen LogP contribution is 2.40. The molecular weight excluding hydrogens is 492 g/mol. The molecule has 3 aromatic carbocycles. The van der Waals surface area contributed by atoms with E-state index in [4.69, 9.17) is 9.15 Å². The van der Waals surface area contributed by atoms with E-state index in [1.54, 1.807) is 12.1 Å². The van der Waals surface area contributed by atoms with Crippen LogP contribution < -0.4 is 0 Å². The monoisotopic (exact) mass is 526 g/mol. The average Bonchev–Trinajstić information content (AvgIpc) is 3.31. The normalized spacial score (nSPS) is 18.1. The van der Waals surface area contributed by atoms with Crippen molar-refractivity contribution in [1.82, 2.24) is 0 Å². The fourth-order valence-electron chi connectivity index (χ4n) is 5.62. The molecule has 0 aliphatic carbocycles. The van der Waals surface area contributed by atoms with Crippen LogP contribution in [0.1, 0.15) is 82.4 Å². The Kier molecular flexibility index (Phi) is 8.08. The highest BCUT2D eigenvalue weighted by Gasteiger charge is 2.26. The second-order valence-corrected chi connectivity index (χ2v) is 10.6. The molecule has 1 fully saturated rings. The molecule has 202 valence electrons. The Bertz CT molecular complexity index is 1420. The maximum atomic E-state index is 15.3. The number of halogens is 4. The van der Waals surface area contributed by atoms with Crippen molar-refractivity contribution in [3.63, 3.8) is 0 Å². The van der Waals surface area contributed by atoms with Crippen LogP contribution in [-0.4, -0.2) is 6.61 Å². The first kappa shape index (κ1) is 26.7. The Hall–Kier alpha value is -2.86. The molecule has 6 heteroatoms. The molecule has 0 amide bonds. The molecule has 2 heterocycles. The summed E-state index contributed by atoms with van der Waals surface area (Å²) in [5, 5.41) is -0.737. The molecule has 0 saturated carbocycles. The van der Waals surface area contributed by atoms with Gasteiger partial charge in [-0.05, 0) is 66.8 Å². The Balaban J connectivity index is 1.42. The van der Waals surface area contributed by atoms with E-state index in [0.29, 0.717) is 24.3 Å². The number of hydrogen-bond acceptors (Lipinski definition) is 2. The second kappa shape index (κ2) is 11.5. The fourth-order valence-corrected chi connectivity index (χ4v) is 5.62. The average molecular weight is 527 g/mol. The number of furan rings is 1. The molecule has 0 radical (unpaired) electrons. The third kappa shape index (κ3) is 5.07. The third-order valence-electron chi connectivity index (χ3n) is 7.87. The lowest BCUT2D eigenvalue weighted by molar-refractivity contribution is -0.0198. The summed E-state index contributed by atoms with van der Waals surface area (Å²) in [6.45, 7) is 4.90. The third-order valence-corrected chi connectivity index (χ3v) is 7.87. The van der Waals surface area contributed by atoms with Crippen LogP contribution in [0.4, 0.5) is 17.6 Å². The lowest BCUT2D eigenvalue weighted by Gasteiger charge is -2.29. The van der Waals surface area contributed by atoms with Crippen LogP contribution in [0.2, 0.25) is 0 Å². The van der Waals surface area contributed by atoms with Gasteiger partial charge in [-0.1, -0.05) is 63.8 Å². The van der Waals surface area contributed by atoms with Gasteiger partial charge in [0.1, 0.15) is 11.2 Å². The first-order valence-electron chi connectivity index (χ1n) is 13.9. The zero-order valence-electron chi connectivity index (χ0n) is 22.0. The van der Waals surface area contributed by atoms with Crippen LogP contribution in [0.15, 0.2) is 40.8 Å². The predicted octanol–water partition coefficient (Wildman–Crippen LogP) is 10.2. The summed E-state index contributed by atoms with van der Waals surface area (Å²) >= 11 is 0. The van der Waals surface area contributed by atoms with Crippen molar-refractivity contribution in [2.24, 2.45) is 5.92 Å². The smallest absolute Gasteiger partial charge is 0.171 e. The molecule has 1 aromatic heterocycles. The van der Waals surface area contributed by atoms with E-state index in [1.165, 1.54) is 37.8 Å². The van der Waals surface area contributed by atoms with Gasteiger partial charge in [0, 0.05) is 5.56 Å². The summed E-state index contributed by atoms with van der Waals surface area (Å²) in [5.41, 5.74) is 1.64. The first-order chi connectivity index (χ1) is 18.4. The van der Waals surface area contributed by atoms with E-state index in [9.17, 15) is 8.78 Å². The van der Waals surface area contributed by atoms with Crippen LogP contribution in [0.25, 0.3) is 33.1 Å². The minimum absolute atomic E-state index is 0.00763. The van der Waals surface area contributed by atoms with Crippen LogP contribution in [0.5, 0.6) is 0 Å². The summed E-state index contributed by atoms with van der Waals surface area (Å²) in [6.07, 6.45) is 8.79. The largest absolute Gasteiger partial charge is 0.456 e.